The van der Waals surface area contributed by atoms with E-state index in [1.54, 1.807) is 46.2 Å². The van der Waals surface area contributed by atoms with Crippen molar-refractivity contribution in [3.63, 3.8) is 0 Å². The van der Waals surface area contributed by atoms with Crippen molar-refractivity contribution in [3.8, 4) is 5.75 Å². The van der Waals surface area contributed by atoms with E-state index in [-0.39, 0.29) is 54.5 Å². The molecule has 4 amide bonds. The molecule has 7 atom stereocenters. The molecule has 2 aromatic carbocycles. The van der Waals surface area contributed by atoms with Crippen LogP contribution >= 0.6 is 11.3 Å². The SMILES string of the molecule is CC[C@H](C)[C@@H]([C@@H](CC(=O)N1CCC[C@H]1c1cc(C[C@H](N)C(=O)N[C@@H](Cc2ccccc2)c2nccs2)ccc1OC)OC)N(C)C(=O)[C@@H](NC(=O)C(C)(C)N)C(C)C. The predicted octanol–water partition coefficient (Wildman–Crippen LogP) is 4.94. The van der Waals surface area contributed by atoms with Gasteiger partial charge < -0.3 is 41.4 Å². The van der Waals surface area contributed by atoms with E-state index in [4.69, 9.17) is 20.9 Å². The van der Waals surface area contributed by atoms with E-state index in [0.717, 1.165) is 41.0 Å². The van der Waals surface area contributed by atoms with Crippen LogP contribution in [0.25, 0.3) is 0 Å². The standard InChI is InChI=1S/C44H65N7O6S/c1-10-28(4)39(50(7)42(54)38(27(2)3)49-43(55)44(5,6)46)36(57-9)26-37(52)51-21-14-17-34(51)31-23-30(18-19-35(31)56-8)24-32(45)40(53)48-33(41-47-20-22-58-41)25-29-15-12-11-13-16-29/h11-13,15-16,18-20,22-23,27-28,32-34,36,38-39H,10,14,17,21,24-26,45-46H2,1-9H3,(H,48,53)(H,49,55)/t28-,32-,33-,34-,36+,38-,39-/m0/s1. The smallest absolute Gasteiger partial charge is 0.245 e. The van der Waals surface area contributed by atoms with E-state index in [9.17, 15) is 19.2 Å². The third-order valence-corrected chi connectivity index (χ3v) is 12.1. The number of methoxy groups -OCH3 is 2. The van der Waals surface area contributed by atoms with Gasteiger partial charge in [0.15, 0.2) is 0 Å². The summed E-state index contributed by atoms with van der Waals surface area (Å²) < 4.78 is 11.9. The van der Waals surface area contributed by atoms with Crippen LogP contribution in [-0.4, -0.2) is 96.0 Å². The quantitative estimate of drug-likeness (QED) is 0.123. The summed E-state index contributed by atoms with van der Waals surface area (Å²) in [7, 11) is 4.89. The minimum Gasteiger partial charge on any atom is -0.496 e. The summed E-state index contributed by atoms with van der Waals surface area (Å²) in [5, 5.41) is 8.69. The Balaban J connectivity index is 1.51. The van der Waals surface area contributed by atoms with Crippen molar-refractivity contribution in [1.29, 1.82) is 0 Å². The van der Waals surface area contributed by atoms with Crippen molar-refractivity contribution in [2.24, 2.45) is 23.3 Å². The number of thiazole rings is 1. The summed E-state index contributed by atoms with van der Waals surface area (Å²) in [6.07, 6.45) is 4.28. The number of benzene rings is 2. The fraction of sp³-hybridized carbons (Fsp3) is 0.568. The zero-order valence-electron chi connectivity index (χ0n) is 35.7. The van der Waals surface area contributed by atoms with Crippen molar-refractivity contribution in [2.75, 3.05) is 27.8 Å². The van der Waals surface area contributed by atoms with E-state index in [0.29, 0.717) is 18.7 Å². The first-order valence-corrected chi connectivity index (χ1v) is 21.2. The first kappa shape index (κ1) is 46.3. The Morgan fingerprint density at radius 1 is 1.03 bits per heavy atom. The molecule has 1 aliphatic rings. The zero-order valence-corrected chi connectivity index (χ0v) is 36.5. The lowest BCUT2D eigenvalue weighted by molar-refractivity contribution is -0.146. The topological polar surface area (TPSA) is 182 Å². The number of aromatic nitrogens is 1. The second-order valence-electron chi connectivity index (χ2n) is 16.5. The molecular formula is C44H65N7O6S. The molecule has 1 aromatic heterocycles. The average molecular weight is 820 g/mol. The van der Waals surface area contributed by atoms with Gasteiger partial charge in [0.2, 0.25) is 23.6 Å². The van der Waals surface area contributed by atoms with Gasteiger partial charge in [-0.05, 0) is 74.6 Å². The van der Waals surface area contributed by atoms with Crippen LogP contribution in [-0.2, 0) is 36.8 Å². The number of nitrogens with zero attached hydrogens (tertiary/aromatic N) is 3. The number of likely N-dealkylation sites (tertiary alicyclic amines) is 1. The monoisotopic (exact) mass is 819 g/mol. The molecule has 58 heavy (non-hydrogen) atoms. The maximum Gasteiger partial charge on any atom is 0.245 e. The number of amides is 4. The summed E-state index contributed by atoms with van der Waals surface area (Å²) in [6.45, 7) is 11.6. The number of rotatable bonds is 20. The van der Waals surface area contributed by atoms with Gasteiger partial charge in [0.1, 0.15) is 16.8 Å². The van der Waals surface area contributed by atoms with Crippen LogP contribution in [0.3, 0.4) is 0 Å². The van der Waals surface area contributed by atoms with Gasteiger partial charge in [0, 0.05) is 37.8 Å². The normalized spacial score (nSPS) is 17.5. The van der Waals surface area contributed by atoms with Gasteiger partial charge in [-0.25, -0.2) is 4.98 Å². The summed E-state index contributed by atoms with van der Waals surface area (Å²) >= 11 is 1.49. The number of hydrogen-bond donors (Lipinski definition) is 4. The molecule has 1 aliphatic heterocycles. The molecule has 1 fully saturated rings. The molecule has 1 saturated heterocycles. The van der Waals surface area contributed by atoms with Gasteiger partial charge in [-0.1, -0.05) is 70.5 Å². The van der Waals surface area contributed by atoms with E-state index < -0.39 is 35.7 Å². The second-order valence-corrected chi connectivity index (χ2v) is 17.4. The lowest BCUT2D eigenvalue weighted by Gasteiger charge is -2.40. The van der Waals surface area contributed by atoms with Gasteiger partial charge >= 0.3 is 0 Å². The predicted molar refractivity (Wildman–Crippen MR) is 228 cm³/mol. The number of carbonyl (C=O) groups is 4. The third-order valence-electron chi connectivity index (χ3n) is 11.3. The third kappa shape index (κ3) is 11.9. The highest BCUT2D eigenvalue weighted by Crippen LogP contribution is 2.39. The number of nitrogens with one attached hydrogen (secondary N) is 2. The molecule has 13 nitrogen and oxygen atoms in total. The molecule has 4 rings (SSSR count). The van der Waals surface area contributed by atoms with Crippen LogP contribution in [0.4, 0.5) is 0 Å². The van der Waals surface area contributed by atoms with Crippen LogP contribution in [0.1, 0.15) is 101 Å². The molecule has 3 aromatic rings. The minimum atomic E-state index is -1.16. The summed E-state index contributed by atoms with van der Waals surface area (Å²) in [4.78, 5) is 62.8. The Bertz CT molecular complexity index is 1800. The molecule has 6 N–H and O–H groups in total. The number of likely N-dealkylation sites (N-methyl/N-ethyl adjacent to an activating group) is 1. The Labute approximate surface area is 348 Å². The van der Waals surface area contributed by atoms with Crippen molar-refractivity contribution >= 4 is 35.0 Å². The molecule has 2 heterocycles. The largest absolute Gasteiger partial charge is 0.496 e. The minimum absolute atomic E-state index is 0.0242. The van der Waals surface area contributed by atoms with Crippen LogP contribution in [0, 0.1) is 11.8 Å². The first-order valence-electron chi connectivity index (χ1n) is 20.3. The fourth-order valence-electron chi connectivity index (χ4n) is 7.72. The highest BCUT2D eigenvalue weighted by molar-refractivity contribution is 7.09. The van der Waals surface area contributed by atoms with Crippen LogP contribution < -0.4 is 26.8 Å². The molecule has 318 valence electrons. The van der Waals surface area contributed by atoms with Crippen LogP contribution in [0.2, 0.25) is 0 Å². The van der Waals surface area contributed by atoms with Gasteiger partial charge in [-0.3, -0.25) is 19.2 Å². The first-order chi connectivity index (χ1) is 27.5. The maximum absolute atomic E-state index is 14.3. The van der Waals surface area contributed by atoms with E-state index in [1.807, 2.05) is 86.5 Å². The second kappa shape index (κ2) is 21.1. The highest BCUT2D eigenvalue weighted by atomic mass is 32.1. The summed E-state index contributed by atoms with van der Waals surface area (Å²) in [5.74, 6) is -0.652. The van der Waals surface area contributed by atoms with E-state index in [2.05, 4.69) is 15.6 Å². The lowest BCUT2D eigenvalue weighted by Crippen LogP contribution is -2.60. The fourth-order valence-corrected chi connectivity index (χ4v) is 8.41. The molecule has 0 saturated carbocycles. The highest BCUT2D eigenvalue weighted by Gasteiger charge is 2.41. The molecule has 14 heteroatoms. The van der Waals surface area contributed by atoms with E-state index >= 15 is 0 Å². The lowest BCUT2D eigenvalue weighted by atomic mass is 9.89. The summed E-state index contributed by atoms with van der Waals surface area (Å²) in [5.41, 5.74) is 14.2. The Morgan fingerprint density at radius 2 is 1.74 bits per heavy atom. The Morgan fingerprint density at radius 3 is 2.33 bits per heavy atom. The van der Waals surface area contributed by atoms with Gasteiger partial charge in [0.25, 0.3) is 0 Å². The van der Waals surface area contributed by atoms with Gasteiger partial charge in [-0.2, -0.15) is 0 Å². The molecule has 0 bridgehead atoms. The van der Waals surface area contributed by atoms with Crippen LogP contribution in [0.5, 0.6) is 5.75 Å². The maximum atomic E-state index is 14.3. The molecule has 0 aliphatic carbocycles. The number of ether oxygens (including phenoxy) is 2. The molecule has 0 unspecified atom stereocenters. The Kier molecular flexibility index (Phi) is 16.8. The van der Waals surface area contributed by atoms with Gasteiger partial charge in [0.05, 0.1) is 49.3 Å². The average Bonchev–Trinajstić information content (AvgIpc) is 3.92. The van der Waals surface area contributed by atoms with Gasteiger partial charge in [-0.15, -0.1) is 11.3 Å². The summed E-state index contributed by atoms with van der Waals surface area (Å²) in [6, 6.07) is 13.1. The van der Waals surface area contributed by atoms with Crippen molar-refractivity contribution in [2.45, 2.75) is 122 Å². The zero-order chi connectivity index (χ0) is 42.7. The molecule has 0 spiro atoms. The van der Waals surface area contributed by atoms with Crippen molar-refractivity contribution < 1.29 is 28.7 Å². The Hall–Kier alpha value is -4.37. The van der Waals surface area contributed by atoms with Crippen molar-refractivity contribution in [1.82, 2.24) is 25.4 Å². The molecular weight excluding hydrogens is 755 g/mol. The van der Waals surface area contributed by atoms with Crippen molar-refractivity contribution in [3.05, 3.63) is 81.8 Å². The number of nitrogens with two attached hydrogens (primary N) is 2. The van der Waals surface area contributed by atoms with Crippen LogP contribution in [0.15, 0.2) is 60.1 Å². The number of carbonyl (C=O) groups excluding carboxylic acids is 4. The number of hydrogen-bond acceptors (Lipinski definition) is 10. The van der Waals surface area contributed by atoms with E-state index in [1.165, 1.54) is 11.3 Å². The molecule has 0 radical (unpaired) electrons.